The summed E-state index contributed by atoms with van der Waals surface area (Å²) in [5.74, 6) is -0.874. The maximum atomic E-state index is 11.1. The number of rotatable bonds is 4. The van der Waals surface area contributed by atoms with Crippen LogP contribution in [0.4, 0.5) is 0 Å². The Kier molecular flexibility index (Phi) is 3.87. The first kappa shape index (κ1) is 14.3. The van der Waals surface area contributed by atoms with Crippen LogP contribution in [-0.4, -0.2) is 26.1 Å². The third-order valence-corrected chi connectivity index (χ3v) is 3.78. The molecule has 2 aromatic rings. The molecule has 112 valence electrons. The molecular weight excluding hydrogens is 278 g/mol. The summed E-state index contributed by atoms with van der Waals surface area (Å²) in [5.41, 5.74) is 4.22. The molecule has 1 aromatic heterocycles. The van der Waals surface area contributed by atoms with E-state index in [0.717, 1.165) is 23.4 Å². The predicted octanol–water partition coefficient (Wildman–Crippen LogP) is 3.15. The number of aryl methyl sites for hydroxylation is 1. The second-order valence-electron chi connectivity index (χ2n) is 5.24. The highest BCUT2D eigenvalue weighted by Gasteiger charge is 2.14. The maximum Gasteiger partial charge on any atom is 0.331 e. The fourth-order valence-corrected chi connectivity index (χ4v) is 2.45. The Balaban J connectivity index is 1.87. The third kappa shape index (κ3) is 2.83. The minimum Gasteiger partial charge on any atom is -0.478 e. The van der Waals surface area contributed by atoms with Crippen LogP contribution in [0.3, 0.4) is 0 Å². The van der Waals surface area contributed by atoms with Crippen molar-refractivity contribution in [2.45, 2.75) is 26.2 Å². The molecule has 1 N–H and O–H groups in total. The Morgan fingerprint density at radius 3 is 2.77 bits per heavy atom. The molecule has 0 aliphatic heterocycles. The van der Waals surface area contributed by atoms with Gasteiger partial charge in [-0.05, 0) is 30.9 Å². The standard InChI is InChI=1S/C17H17N3O2/c1-2-12-6-8-13(9-7-12)16-11-20(19-18-16)15-5-3-4-14(10-15)17(21)22/h5-11H,2-4H2,1H3,(H,21,22). The number of hydrogen-bond acceptors (Lipinski definition) is 3. The van der Waals surface area contributed by atoms with Crippen LogP contribution in [0.2, 0.25) is 0 Å². The van der Waals surface area contributed by atoms with Gasteiger partial charge in [-0.15, -0.1) is 5.10 Å². The molecule has 5 nitrogen and oxygen atoms in total. The summed E-state index contributed by atoms with van der Waals surface area (Å²) in [6.07, 6.45) is 7.72. The van der Waals surface area contributed by atoms with E-state index in [-0.39, 0.29) is 0 Å². The molecule has 5 heteroatoms. The molecule has 1 aromatic carbocycles. The molecule has 0 saturated heterocycles. The van der Waals surface area contributed by atoms with E-state index < -0.39 is 5.97 Å². The summed E-state index contributed by atoms with van der Waals surface area (Å²) in [5, 5.41) is 17.4. The van der Waals surface area contributed by atoms with Crippen molar-refractivity contribution >= 4 is 11.7 Å². The average molecular weight is 295 g/mol. The van der Waals surface area contributed by atoms with Crippen molar-refractivity contribution < 1.29 is 9.90 Å². The SMILES string of the molecule is CCc1ccc(-c2cn(C3=CCCC(C(=O)O)=C3)nn2)cc1. The third-order valence-electron chi connectivity index (χ3n) is 3.78. The molecule has 22 heavy (non-hydrogen) atoms. The number of carboxylic acids is 1. The lowest BCUT2D eigenvalue weighted by Gasteiger charge is -2.09. The summed E-state index contributed by atoms with van der Waals surface area (Å²) in [4.78, 5) is 11.1. The topological polar surface area (TPSA) is 68.0 Å². The molecule has 1 aliphatic rings. The Labute approximate surface area is 128 Å². The van der Waals surface area contributed by atoms with Crippen molar-refractivity contribution in [3.63, 3.8) is 0 Å². The molecule has 0 fully saturated rings. The summed E-state index contributed by atoms with van der Waals surface area (Å²) < 4.78 is 1.63. The van der Waals surface area contributed by atoms with Gasteiger partial charge < -0.3 is 5.11 Å². The van der Waals surface area contributed by atoms with Gasteiger partial charge in [0.05, 0.1) is 11.9 Å². The van der Waals surface area contributed by atoms with Crippen LogP contribution in [-0.2, 0) is 11.2 Å². The summed E-state index contributed by atoms with van der Waals surface area (Å²) in [7, 11) is 0. The van der Waals surface area contributed by atoms with Gasteiger partial charge in [0, 0.05) is 11.1 Å². The first-order valence-electron chi connectivity index (χ1n) is 7.33. The molecule has 3 rings (SSSR count). The zero-order valence-corrected chi connectivity index (χ0v) is 12.4. The van der Waals surface area contributed by atoms with Crippen LogP contribution in [0, 0.1) is 0 Å². The molecule has 0 spiro atoms. The number of aliphatic carboxylic acids is 1. The van der Waals surface area contributed by atoms with Gasteiger partial charge in [0.1, 0.15) is 5.69 Å². The fourth-order valence-electron chi connectivity index (χ4n) is 2.45. The molecule has 1 aliphatic carbocycles. The van der Waals surface area contributed by atoms with Gasteiger partial charge in [-0.1, -0.05) is 42.5 Å². The number of allylic oxidation sites excluding steroid dienone is 3. The van der Waals surface area contributed by atoms with Crippen molar-refractivity contribution in [1.82, 2.24) is 15.0 Å². The smallest absolute Gasteiger partial charge is 0.331 e. The summed E-state index contributed by atoms with van der Waals surface area (Å²) in [6, 6.07) is 8.22. The second-order valence-corrected chi connectivity index (χ2v) is 5.24. The van der Waals surface area contributed by atoms with Gasteiger partial charge in [0.15, 0.2) is 0 Å². The lowest BCUT2D eigenvalue weighted by Crippen LogP contribution is -2.07. The number of aromatic nitrogens is 3. The van der Waals surface area contributed by atoms with Crippen molar-refractivity contribution in [1.29, 1.82) is 0 Å². The average Bonchev–Trinajstić information content (AvgIpc) is 3.05. The van der Waals surface area contributed by atoms with Gasteiger partial charge >= 0.3 is 5.97 Å². The van der Waals surface area contributed by atoms with Crippen LogP contribution in [0.1, 0.15) is 25.3 Å². The molecule has 0 atom stereocenters. The Bertz CT molecular complexity index is 754. The summed E-state index contributed by atoms with van der Waals surface area (Å²) in [6.45, 7) is 2.12. The van der Waals surface area contributed by atoms with Crippen LogP contribution < -0.4 is 0 Å². The van der Waals surface area contributed by atoms with E-state index in [1.165, 1.54) is 5.56 Å². The Morgan fingerprint density at radius 2 is 2.09 bits per heavy atom. The molecule has 0 saturated carbocycles. The molecule has 0 amide bonds. The van der Waals surface area contributed by atoms with E-state index in [1.807, 2.05) is 24.4 Å². The quantitative estimate of drug-likeness (QED) is 0.940. The van der Waals surface area contributed by atoms with E-state index in [2.05, 4.69) is 29.4 Å². The molecular formula is C17H17N3O2. The normalized spacial score (nSPS) is 14.4. The van der Waals surface area contributed by atoms with Crippen LogP contribution >= 0.6 is 0 Å². The van der Waals surface area contributed by atoms with Crippen molar-refractivity contribution in [3.8, 4) is 11.3 Å². The van der Waals surface area contributed by atoms with Crippen LogP contribution in [0.5, 0.6) is 0 Å². The first-order chi connectivity index (χ1) is 10.7. The predicted molar refractivity (Wildman–Crippen MR) is 84.1 cm³/mol. The number of carbonyl (C=O) groups is 1. The van der Waals surface area contributed by atoms with Gasteiger partial charge in [0.25, 0.3) is 0 Å². The Hall–Kier alpha value is -2.69. The van der Waals surface area contributed by atoms with E-state index >= 15 is 0 Å². The number of carboxylic acid groups (broad SMARTS) is 1. The van der Waals surface area contributed by atoms with Gasteiger partial charge in [-0.3, -0.25) is 0 Å². The van der Waals surface area contributed by atoms with Gasteiger partial charge in [-0.25, -0.2) is 9.48 Å². The van der Waals surface area contributed by atoms with Crippen molar-refractivity contribution in [2.24, 2.45) is 0 Å². The van der Waals surface area contributed by atoms with Crippen molar-refractivity contribution in [3.05, 3.63) is 53.8 Å². The zero-order chi connectivity index (χ0) is 15.5. The lowest BCUT2D eigenvalue weighted by molar-refractivity contribution is -0.132. The molecule has 0 radical (unpaired) electrons. The minimum absolute atomic E-state index is 0.404. The lowest BCUT2D eigenvalue weighted by atomic mass is 10.0. The highest BCUT2D eigenvalue weighted by Crippen LogP contribution is 2.23. The zero-order valence-electron chi connectivity index (χ0n) is 12.4. The van der Waals surface area contributed by atoms with E-state index in [9.17, 15) is 4.79 Å². The second kappa shape index (κ2) is 5.97. The monoisotopic (exact) mass is 295 g/mol. The highest BCUT2D eigenvalue weighted by atomic mass is 16.4. The van der Waals surface area contributed by atoms with E-state index in [1.54, 1.807) is 10.8 Å². The minimum atomic E-state index is -0.874. The van der Waals surface area contributed by atoms with Gasteiger partial charge in [-0.2, -0.15) is 0 Å². The van der Waals surface area contributed by atoms with E-state index in [4.69, 9.17) is 5.11 Å². The molecule has 0 bridgehead atoms. The van der Waals surface area contributed by atoms with Gasteiger partial charge in [0.2, 0.25) is 0 Å². The number of benzene rings is 1. The van der Waals surface area contributed by atoms with Crippen LogP contribution in [0.15, 0.2) is 48.2 Å². The number of hydrogen-bond donors (Lipinski definition) is 1. The van der Waals surface area contributed by atoms with Crippen molar-refractivity contribution in [2.75, 3.05) is 0 Å². The largest absolute Gasteiger partial charge is 0.478 e. The number of nitrogens with zero attached hydrogens (tertiary/aromatic N) is 3. The molecule has 0 unspecified atom stereocenters. The van der Waals surface area contributed by atoms with E-state index in [0.29, 0.717) is 18.4 Å². The maximum absolute atomic E-state index is 11.1. The van der Waals surface area contributed by atoms with Crippen LogP contribution in [0.25, 0.3) is 17.0 Å². The molecule has 1 heterocycles. The Morgan fingerprint density at radius 1 is 1.32 bits per heavy atom. The fraction of sp³-hybridized carbons (Fsp3) is 0.235. The first-order valence-corrected chi connectivity index (χ1v) is 7.33. The highest BCUT2D eigenvalue weighted by molar-refractivity contribution is 5.90. The summed E-state index contributed by atoms with van der Waals surface area (Å²) >= 11 is 0.